The number of carboxylic acids is 1. The van der Waals surface area contributed by atoms with Crippen LogP contribution in [0.25, 0.3) is 11.1 Å². The third-order valence-corrected chi connectivity index (χ3v) is 7.28. The fourth-order valence-corrected chi connectivity index (χ4v) is 4.78. The smallest absolute Gasteiger partial charge is 0.328 e. The fraction of sp³-hybridized carbons (Fsp3) is 0.222. The summed E-state index contributed by atoms with van der Waals surface area (Å²) in [4.78, 5) is 36.3. The first-order valence-electron chi connectivity index (χ1n) is 11.5. The lowest BCUT2D eigenvalue weighted by Crippen LogP contribution is -2.43. The maximum absolute atomic E-state index is 12.7. The summed E-state index contributed by atoms with van der Waals surface area (Å²) in [5, 5.41) is 12.1. The minimum absolute atomic E-state index is 0.110. The van der Waals surface area contributed by atoms with Gasteiger partial charge in [-0.2, -0.15) is 4.31 Å². The number of carbonyl (C=O) groups is 3. The Hall–Kier alpha value is -3.73. The molecular weight excluding hydrogens is 532 g/mol. The Morgan fingerprint density at radius 1 is 1.00 bits per heavy atom. The van der Waals surface area contributed by atoms with Gasteiger partial charge in [-0.1, -0.05) is 72.3 Å². The van der Waals surface area contributed by atoms with Gasteiger partial charge >= 0.3 is 11.9 Å². The molecule has 0 saturated carbocycles. The van der Waals surface area contributed by atoms with Crippen LogP contribution in [0, 0.1) is 0 Å². The van der Waals surface area contributed by atoms with Crippen molar-refractivity contribution in [3.63, 3.8) is 0 Å². The molecule has 0 bridgehead atoms. The highest BCUT2D eigenvalue weighted by Gasteiger charge is 2.24. The first-order chi connectivity index (χ1) is 18.0. The lowest BCUT2D eigenvalue weighted by molar-refractivity contribution is -0.143. The van der Waals surface area contributed by atoms with Crippen molar-refractivity contribution in [1.82, 2.24) is 9.62 Å². The Morgan fingerprint density at radius 3 is 2.24 bits per heavy atom. The summed E-state index contributed by atoms with van der Waals surface area (Å²) in [5.41, 5.74) is 3.11. The topological polar surface area (TPSA) is 130 Å². The average molecular weight is 559 g/mol. The van der Waals surface area contributed by atoms with Gasteiger partial charge in [-0.25, -0.2) is 13.2 Å². The van der Waals surface area contributed by atoms with Gasteiger partial charge in [-0.05, 0) is 34.4 Å². The van der Waals surface area contributed by atoms with E-state index >= 15 is 0 Å². The maximum atomic E-state index is 12.7. The molecule has 2 N–H and O–H groups in total. The number of rotatable bonds is 11. The number of methoxy groups -OCH3 is 1. The van der Waals surface area contributed by atoms with E-state index in [1.54, 1.807) is 66.7 Å². The number of ether oxygens (including phenoxy) is 1. The summed E-state index contributed by atoms with van der Waals surface area (Å²) in [7, 11) is -2.52. The highest BCUT2D eigenvalue weighted by molar-refractivity contribution is 7.88. The molecule has 11 heteroatoms. The number of sulfonamides is 1. The predicted octanol–water partition coefficient (Wildman–Crippen LogP) is 3.37. The highest BCUT2D eigenvalue weighted by Crippen LogP contribution is 2.26. The minimum atomic E-state index is -3.75. The minimum Gasteiger partial charge on any atom is -0.480 e. The van der Waals surface area contributed by atoms with Crippen LogP contribution in [0.3, 0.4) is 0 Å². The second-order valence-corrected chi connectivity index (χ2v) is 10.9. The fourth-order valence-electron chi connectivity index (χ4n) is 3.84. The summed E-state index contributed by atoms with van der Waals surface area (Å²) in [6.07, 6.45) is 1.13. The number of carbonyl (C=O) groups excluding carboxylic acids is 2. The van der Waals surface area contributed by atoms with Crippen LogP contribution < -0.4 is 5.32 Å². The Kier molecular flexibility index (Phi) is 9.62. The number of hydrogen-bond donors (Lipinski definition) is 2. The normalized spacial score (nSPS) is 12.1. The lowest BCUT2D eigenvalue weighted by atomic mass is 9.97. The molecular formula is C27H27ClN2O7S. The molecule has 0 spiro atoms. The molecule has 0 radical (unpaired) electrons. The van der Waals surface area contributed by atoms with Crippen molar-refractivity contribution in [2.45, 2.75) is 19.0 Å². The van der Waals surface area contributed by atoms with E-state index in [1.165, 1.54) is 7.11 Å². The molecule has 3 aromatic rings. The second kappa shape index (κ2) is 12.7. The van der Waals surface area contributed by atoms with Crippen molar-refractivity contribution in [3.05, 3.63) is 94.5 Å². The monoisotopic (exact) mass is 558 g/mol. The molecule has 9 nitrogen and oxygen atoms in total. The van der Waals surface area contributed by atoms with Gasteiger partial charge < -0.3 is 15.2 Å². The molecule has 0 aliphatic rings. The van der Waals surface area contributed by atoms with Gasteiger partial charge in [-0.3, -0.25) is 9.59 Å². The third-order valence-electron chi connectivity index (χ3n) is 5.76. The van der Waals surface area contributed by atoms with Crippen LogP contribution in [0.5, 0.6) is 0 Å². The Balaban J connectivity index is 1.82. The van der Waals surface area contributed by atoms with Crippen LogP contribution in [-0.4, -0.2) is 61.6 Å². The largest absolute Gasteiger partial charge is 0.480 e. The third kappa shape index (κ3) is 7.64. The summed E-state index contributed by atoms with van der Waals surface area (Å²) >= 11 is 6.10. The van der Waals surface area contributed by atoms with Crippen molar-refractivity contribution in [2.75, 3.05) is 19.9 Å². The molecule has 0 aliphatic carbocycles. The Labute approximate surface area is 226 Å². The second-order valence-electron chi connectivity index (χ2n) is 8.51. The van der Waals surface area contributed by atoms with E-state index in [-0.39, 0.29) is 23.6 Å². The lowest BCUT2D eigenvalue weighted by Gasteiger charge is -2.20. The number of nitrogens with zero attached hydrogens (tertiary/aromatic N) is 1. The molecule has 200 valence electrons. The zero-order valence-electron chi connectivity index (χ0n) is 20.8. The molecule has 0 aromatic heterocycles. The van der Waals surface area contributed by atoms with Crippen molar-refractivity contribution < 1.29 is 32.6 Å². The van der Waals surface area contributed by atoms with Crippen molar-refractivity contribution in [3.8, 4) is 11.1 Å². The van der Waals surface area contributed by atoms with E-state index in [0.717, 1.165) is 27.3 Å². The van der Waals surface area contributed by atoms with E-state index in [2.05, 4.69) is 5.32 Å². The molecule has 0 aliphatic heterocycles. The molecule has 0 fully saturated rings. The van der Waals surface area contributed by atoms with Crippen molar-refractivity contribution >= 4 is 39.5 Å². The van der Waals surface area contributed by atoms with Gasteiger partial charge in [0.05, 0.1) is 24.0 Å². The first-order valence-corrected chi connectivity index (χ1v) is 13.7. The number of nitrogens with one attached hydrogen (secondary N) is 1. The molecule has 3 aromatic carbocycles. The van der Waals surface area contributed by atoms with Gasteiger partial charge in [0.25, 0.3) is 5.91 Å². The Morgan fingerprint density at radius 2 is 1.63 bits per heavy atom. The molecule has 3 rings (SSSR count). The Bertz CT molecular complexity index is 1430. The predicted molar refractivity (Wildman–Crippen MR) is 143 cm³/mol. The maximum Gasteiger partial charge on any atom is 0.328 e. The van der Waals surface area contributed by atoms with Crippen molar-refractivity contribution in [1.29, 1.82) is 0 Å². The zero-order chi connectivity index (χ0) is 27.9. The van der Waals surface area contributed by atoms with Gasteiger partial charge in [-0.15, -0.1) is 0 Å². The van der Waals surface area contributed by atoms with Gasteiger partial charge in [0.15, 0.2) is 0 Å². The average Bonchev–Trinajstić information content (AvgIpc) is 2.87. The number of amides is 1. The van der Waals surface area contributed by atoms with Crippen LogP contribution in [0.1, 0.15) is 21.5 Å². The van der Waals surface area contributed by atoms with Crippen LogP contribution >= 0.6 is 11.6 Å². The summed E-state index contributed by atoms with van der Waals surface area (Å²) < 4.78 is 30.0. The molecule has 0 saturated heterocycles. The molecule has 0 heterocycles. The van der Waals surface area contributed by atoms with Gasteiger partial charge in [0.2, 0.25) is 10.0 Å². The number of aliphatic carboxylic acids is 1. The van der Waals surface area contributed by atoms with Crippen LogP contribution in [-0.2, 0) is 37.3 Å². The molecule has 1 amide bonds. The molecule has 38 heavy (non-hydrogen) atoms. The molecule has 0 unspecified atom stereocenters. The zero-order valence-corrected chi connectivity index (χ0v) is 22.3. The number of hydrogen-bond acceptors (Lipinski definition) is 6. The number of benzene rings is 3. The van der Waals surface area contributed by atoms with E-state index in [4.69, 9.17) is 21.4 Å². The molecule has 1 atom stereocenters. The van der Waals surface area contributed by atoms with E-state index in [9.17, 15) is 22.8 Å². The summed E-state index contributed by atoms with van der Waals surface area (Å²) in [6, 6.07) is 19.8. The van der Waals surface area contributed by atoms with Crippen LogP contribution in [0.4, 0.5) is 0 Å². The SMILES string of the molecule is COC(=O)[C@H](Cc1ccc(-c2ccccc2CN(CC(=O)O)S(C)(=O)=O)cc1)NC(=O)c1ccccc1Cl. The van der Waals surface area contributed by atoms with Crippen molar-refractivity contribution in [2.24, 2.45) is 0 Å². The van der Waals surface area contributed by atoms with Gasteiger partial charge in [0.1, 0.15) is 12.6 Å². The number of halogens is 1. The number of esters is 1. The van der Waals surface area contributed by atoms with Crippen LogP contribution in [0.2, 0.25) is 5.02 Å². The number of carboxylic acid groups (broad SMARTS) is 1. The highest BCUT2D eigenvalue weighted by atomic mass is 35.5. The first kappa shape index (κ1) is 28.8. The van der Waals surface area contributed by atoms with E-state index < -0.39 is 40.5 Å². The quantitative estimate of drug-likeness (QED) is 0.345. The van der Waals surface area contributed by atoms with E-state index in [0.29, 0.717) is 5.56 Å². The summed E-state index contributed by atoms with van der Waals surface area (Å²) in [5.74, 6) is -2.37. The summed E-state index contributed by atoms with van der Waals surface area (Å²) in [6.45, 7) is -0.761. The van der Waals surface area contributed by atoms with Crippen LogP contribution in [0.15, 0.2) is 72.8 Å². The van der Waals surface area contributed by atoms with Gasteiger partial charge in [0, 0.05) is 13.0 Å². The van der Waals surface area contributed by atoms with E-state index in [1.807, 2.05) is 6.07 Å². The standard InChI is InChI=1S/C27H27ClN2O7S/c1-37-27(34)24(29-26(33)22-9-5-6-10-23(22)28)15-18-11-13-19(14-12-18)21-8-4-3-7-20(21)16-30(17-25(31)32)38(2,35)36/h3-14,24H,15-17H2,1-2H3,(H,29,33)(H,31,32)/t24-/m0/s1.